The fourth-order valence-corrected chi connectivity index (χ4v) is 1.99. The Bertz CT molecular complexity index is 312. The van der Waals surface area contributed by atoms with Crippen LogP contribution in [0.3, 0.4) is 0 Å². The monoisotopic (exact) mass is 230 g/mol. The lowest BCUT2D eigenvalue weighted by Crippen LogP contribution is -2.09. The van der Waals surface area contributed by atoms with E-state index in [1.165, 1.54) is 6.07 Å². The Kier molecular flexibility index (Phi) is 2.05. The molecule has 12 heavy (non-hydrogen) atoms. The first kappa shape index (κ1) is 8.05. The van der Waals surface area contributed by atoms with E-state index < -0.39 is 0 Å². The van der Waals surface area contributed by atoms with Gasteiger partial charge in [-0.05, 0) is 46.5 Å². The molecule has 0 spiro atoms. The van der Waals surface area contributed by atoms with Gasteiger partial charge in [-0.15, -0.1) is 0 Å². The molecule has 0 N–H and O–H groups in total. The van der Waals surface area contributed by atoms with Crippen LogP contribution in [0.15, 0.2) is 16.6 Å². The van der Waals surface area contributed by atoms with Crippen LogP contribution in [0.4, 0.5) is 4.39 Å². The Morgan fingerprint density at radius 2 is 2.25 bits per heavy atom. The molecule has 0 bridgehead atoms. The average molecular weight is 231 g/mol. The molecule has 0 atom stereocenters. The summed E-state index contributed by atoms with van der Waals surface area (Å²) in [7, 11) is 0. The molecule has 0 aliphatic carbocycles. The Morgan fingerprint density at radius 3 is 3.08 bits per heavy atom. The van der Waals surface area contributed by atoms with Crippen LogP contribution in [0, 0.1) is 5.82 Å². The van der Waals surface area contributed by atoms with E-state index in [9.17, 15) is 4.39 Å². The second-order valence-electron chi connectivity index (χ2n) is 2.83. The highest BCUT2D eigenvalue weighted by Gasteiger charge is 2.14. The third kappa shape index (κ3) is 1.33. The van der Waals surface area contributed by atoms with E-state index >= 15 is 0 Å². The molecule has 0 fully saturated rings. The first-order valence-corrected chi connectivity index (χ1v) is 4.67. The van der Waals surface area contributed by atoms with E-state index in [-0.39, 0.29) is 5.82 Å². The molecule has 0 amide bonds. The van der Waals surface area contributed by atoms with Gasteiger partial charge in [-0.3, -0.25) is 0 Å². The Morgan fingerprint density at radius 1 is 1.42 bits per heavy atom. The Hall–Kier alpha value is -0.570. The minimum absolute atomic E-state index is 0.203. The van der Waals surface area contributed by atoms with Crippen molar-refractivity contribution in [2.75, 3.05) is 6.61 Å². The number of ether oxygens (including phenoxy) is 1. The Labute approximate surface area is 78.7 Å². The topological polar surface area (TPSA) is 9.23 Å². The van der Waals surface area contributed by atoms with Gasteiger partial charge in [0.05, 0.1) is 11.1 Å². The van der Waals surface area contributed by atoms with E-state index in [0.29, 0.717) is 0 Å². The van der Waals surface area contributed by atoms with Gasteiger partial charge in [-0.1, -0.05) is 0 Å². The molecular formula is C9H8BrFO. The van der Waals surface area contributed by atoms with Crippen molar-refractivity contribution in [3.8, 4) is 5.75 Å². The van der Waals surface area contributed by atoms with Gasteiger partial charge in [0.1, 0.15) is 11.6 Å². The summed E-state index contributed by atoms with van der Waals surface area (Å²) < 4.78 is 19.0. The lowest BCUT2D eigenvalue weighted by molar-refractivity contribution is 0.285. The zero-order valence-corrected chi connectivity index (χ0v) is 8.03. The van der Waals surface area contributed by atoms with Crippen LogP contribution in [0.1, 0.15) is 12.0 Å². The maximum atomic E-state index is 12.9. The summed E-state index contributed by atoms with van der Waals surface area (Å²) >= 11 is 3.27. The molecule has 1 nitrogen and oxygen atoms in total. The van der Waals surface area contributed by atoms with E-state index in [0.717, 1.165) is 35.2 Å². The molecule has 3 heteroatoms. The number of fused-ring (bicyclic) bond motifs is 1. The molecule has 0 unspecified atom stereocenters. The highest BCUT2D eigenvalue weighted by Crippen LogP contribution is 2.33. The van der Waals surface area contributed by atoms with Crippen LogP contribution in [0.2, 0.25) is 0 Å². The van der Waals surface area contributed by atoms with Gasteiger partial charge < -0.3 is 4.74 Å². The maximum absolute atomic E-state index is 12.9. The summed E-state index contributed by atoms with van der Waals surface area (Å²) in [5.74, 6) is 0.605. The molecule has 0 aromatic heterocycles. The summed E-state index contributed by atoms with van der Waals surface area (Å²) in [6.45, 7) is 0.733. The first-order chi connectivity index (χ1) is 5.77. The molecule has 1 aromatic rings. The van der Waals surface area contributed by atoms with Crippen LogP contribution < -0.4 is 4.74 Å². The minimum Gasteiger partial charge on any atom is -0.492 e. The van der Waals surface area contributed by atoms with Crippen LogP contribution in [-0.4, -0.2) is 6.61 Å². The highest BCUT2D eigenvalue weighted by molar-refractivity contribution is 9.10. The standard InChI is InChI=1S/C9H8BrFO/c10-8-5-7(11)4-6-2-1-3-12-9(6)8/h4-5H,1-3H2. The third-order valence-electron chi connectivity index (χ3n) is 1.92. The van der Waals surface area contributed by atoms with Crippen molar-refractivity contribution >= 4 is 15.9 Å². The number of benzene rings is 1. The number of hydrogen-bond donors (Lipinski definition) is 0. The normalized spacial score (nSPS) is 15.2. The van der Waals surface area contributed by atoms with Gasteiger partial charge >= 0.3 is 0 Å². The summed E-state index contributed by atoms with van der Waals surface area (Å²) in [5.41, 5.74) is 0.966. The summed E-state index contributed by atoms with van der Waals surface area (Å²) in [6.07, 6.45) is 1.88. The molecule has 0 radical (unpaired) electrons. The highest BCUT2D eigenvalue weighted by atomic mass is 79.9. The van der Waals surface area contributed by atoms with Gasteiger partial charge in [0, 0.05) is 0 Å². The van der Waals surface area contributed by atoms with Crippen LogP contribution in [-0.2, 0) is 6.42 Å². The summed E-state index contributed by atoms with van der Waals surface area (Å²) in [4.78, 5) is 0. The largest absolute Gasteiger partial charge is 0.492 e. The zero-order chi connectivity index (χ0) is 8.55. The SMILES string of the molecule is Fc1cc(Br)c2c(c1)CCCO2. The second kappa shape index (κ2) is 3.05. The Balaban J connectivity index is 2.53. The quantitative estimate of drug-likeness (QED) is 0.667. The number of rotatable bonds is 0. The molecule has 0 saturated carbocycles. The van der Waals surface area contributed by atoms with Crippen molar-refractivity contribution in [1.82, 2.24) is 0 Å². The van der Waals surface area contributed by atoms with Gasteiger partial charge in [0.15, 0.2) is 0 Å². The predicted molar refractivity (Wildman–Crippen MR) is 47.9 cm³/mol. The van der Waals surface area contributed by atoms with Gasteiger partial charge in [0.2, 0.25) is 0 Å². The van der Waals surface area contributed by atoms with Crippen LogP contribution >= 0.6 is 15.9 Å². The van der Waals surface area contributed by atoms with Gasteiger partial charge in [-0.2, -0.15) is 0 Å². The fraction of sp³-hybridized carbons (Fsp3) is 0.333. The number of aryl methyl sites for hydroxylation is 1. The van der Waals surface area contributed by atoms with Gasteiger partial charge in [-0.25, -0.2) is 4.39 Å². The molecular weight excluding hydrogens is 223 g/mol. The average Bonchev–Trinajstić information content (AvgIpc) is 2.04. The van der Waals surface area contributed by atoms with Crippen molar-refractivity contribution in [2.45, 2.75) is 12.8 Å². The lowest BCUT2D eigenvalue weighted by atomic mass is 10.1. The van der Waals surface area contributed by atoms with Crippen molar-refractivity contribution in [1.29, 1.82) is 0 Å². The third-order valence-corrected chi connectivity index (χ3v) is 2.51. The molecule has 2 rings (SSSR count). The predicted octanol–water partition coefficient (Wildman–Crippen LogP) is 2.91. The van der Waals surface area contributed by atoms with Crippen molar-refractivity contribution in [3.05, 3.63) is 28.0 Å². The second-order valence-corrected chi connectivity index (χ2v) is 3.68. The van der Waals surface area contributed by atoms with E-state index in [1.54, 1.807) is 6.07 Å². The molecule has 64 valence electrons. The number of hydrogen-bond acceptors (Lipinski definition) is 1. The van der Waals surface area contributed by atoms with Crippen molar-refractivity contribution < 1.29 is 9.13 Å². The smallest absolute Gasteiger partial charge is 0.136 e. The molecule has 1 heterocycles. The van der Waals surface area contributed by atoms with Crippen molar-refractivity contribution in [3.63, 3.8) is 0 Å². The minimum atomic E-state index is -0.203. The number of halogens is 2. The van der Waals surface area contributed by atoms with Crippen LogP contribution in [0.25, 0.3) is 0 Å². The van der Waals surface area contributed by atoms with E-state index in [2.05, 4.69) is 15.9 Å². The first-order valence-electron chi connectivity index (χ1n) is 3.88. The van der Waals surface area contributed by atoms with Crippen molar-refractivity contribution in [2.24, 2.45) is 0 Å². The summed E-state index contributed by atoms with van der Waals surface area (Å²) in [6, 6.07) is 2.98. The fourth-order valence-electron chi connectivity index (χ4n) is 1.40. The zero-order valence-electron chi connectivity index (χ0n) is 6.44. The molecule has 1 aromatic carbocycles. The van der Waals surface area contributed by atoms with Crippen LogP contribution in [0.5, 0.6) is 5.75 Å². The maximum Gasteiger partial charge on any atom is 0.136 e. The molecule has 0 saturated heterocycles. The summed E-state index contributed by atoms with van der Waals surface area (Å²) in [5, 5.41) is 0. The van der Waals surface area contributed by atoms with Gasteiger partial charge in [0.25, 0.3) is 0 Å². The van der Waals surface area contributed by atoms with E-state index in [4.69, 9.17) is 4.74 Å². The van der Waals surface area contributed by atoms with E-state index in [1.807, 2.05) is 0 Å². The molecule has 1 aliphatic heterocycles. The molecule has 1 aliphatic rings. The lowest BCUT2D eigenvalue weighted by Gasteiger charge is -2.18.